The summed E-state index contributed by atoms with van der Waals surface area (Å²) in [6, 6.07) is 8.02. The molecular weight excluding hydrogens is 317 g/mol. The van der Waals surface area contributed by atoms with E-state index in [4.69, 9.17) is 16.0 Å². The molecule has 1 aliphatic heterocycles. The molecule has 0 saturated carbocycles. The summed E-state index contributed by atoms with van der Waals surface area (Å²) in [6.07, 6.45) is 2.23. The van der Waals surface area contributed by atoms with Crippen molar-refractivity contribution < 1.29 is 16.8 Å². The summed E-state index contributed by atoms with van der Waals surface area (Å²) >= 11 is 7.62. The summed E-state index contributed by atoms with van der Waals surface area (Å²) in [4.78, 5) is 0. The van der Waals surface area contributed by atoms with Gasteiger partial charge in [-0.15, -0.1) is 10.2 Å². The third-order valence-electron chi connectivity index (χ3n) is 3.09. The predicted molar refractivity (Wildman–Crippen MR) is 75.3 cm³/mol. The largest absolute Gasteiger partial charge is 1.00 e. The van der Waals surface area contributed by atoms with Crippen LogP contribution >= 0.6 is 23.4 Å². The smallest absolute Gasteiger partial charge is 0.276 e. The Morgan fingerprint density at radius 1 is 1.35 bits per heavy atom. The van der Waals surface area contributed by atoms with Crippen molar-refractivity contribution in [3.63, 3.8) is 0 Å². The number of hydrogen-bond donors (Lipinski definition) is 1. The van der Waals surface area contributed by atoms with Crippen LogP contribution in [0.4, 0.5) is 0 Å². The van der Waals surface area contributed by atoms with Crippen molar-refractivity contribution in [2.45, 2.75) is 29.9 Å². The summed E-state index contributed by atoms with van der Waals surface area (Å²) < 4.78 is 5.66. The van der Waals surface area contributed by atoms with Gasteiger partial charge in [0.15, 0.2) is 0 Å². The third-order valence-corrected chi connectivity index (χ3v) is 4.33. The molecule has 108 valence electrons. The quantitative estimate of drug-likeness (QED) is 0.824. The average molecular weight is 331 g/mol. The predicted octanol–water partition coefficient (Wildman–Crippen LogP) is 0.444. The molecule has 1 aromatic carbocycles. The van der Waals surface area contributed by atoms with Crippen molar-refractivity contribution >= 4 is 23.4 Å². The van der Waals surface area contributed by atoms with Gasteiger partial charge in [-0.3, -0.25) is 0 Å². The minimum absolute atomic E-state index is 0. The van der Waals surface area contributed by atoms with E-state index in [9.17, 15) is 0 Å². The summed E-state index contributed by atoms with van der Waals surface area (Å²) in [5, 5.41) is 12.9. The van der Waals surface area contributed by atoms with Crippen LogP contribution < -0.4 is 17.7 Å². The second kappa shape index (κ2) is 7.31. The Labute approximate surface area is 133 Å². The highest BCUT2D eigenvalue weighted by Crippen LogP contribution is 2.28. The molecule has 1 saturated heterocycles. The number of aromatic nitrogens is 2. The average Bonchev–Trinajstić information content (AvgIpc) is 3.09. The first-order chi connectivity index (χ1) is 9.33. The molecule has 0 amide bonds. The Morgan fingerprint density at radius 2 is 2.20 bits per heavy atom. The van der Waals surface area contributed by atoms with E-state index in [1.54, 1.807) is 0 Å². The van der Waals surface area contributed by atoms with Gasteiger partial charge < -0.3 is 22.1 Å². The Bertz CT molecular complexity index is 558. The molecule has 1 fully saturated rings. The van der Waals surface area contributed by atoms with Crippen molar-refractivity contribution in [2.24, 2.45) is 0 Å². The first-order valence-electron chi connectivity index (χ1n) is 6.26. The van der Waals surface area contributed by atoms with E-state index >= 15 is 0 Å². The van der Waals surface area contributed by atoms with Crippen LogP contribution in [0.1, 0.15) is 30.3 Å². The number of benzene rings is 1. The maximum Gasteiger partial charge on any atom is 0.276 e. The Hall–Kier alpha value is -0.750. The minimum Gasteiger partial charge on any atom is -1.00 e. The maximum atomic E-state index is 6.11. The van der Waals surface area contributed by atoms with Gasteiger partial charge in [0.25, 0.3) is 5.22 Å². The summed E-state index contributed by atoms with van der Waals surface area (Å²) in [5.74, 6) is 1.43. The molecule has 0 bridgehead atoms. The lowest BCUT2D eigenvalue weighted by molar-refractivity contribution is -0.00000439. The Morgan fingerprint density at radius 3 is 2.95 bits per heavy atom. The molecule has 20 heavy (non-hydrogen) atoms. The van der Waals surface area contributed by atoms with Crippen LogP contribution in [0.2, 0.25) is 5.02 Å². The van der Waals surface area contributed by atoms with Crippen molar-refractivity contribution in [1.82, 2.24) is 15.5 Å². The van der Waals surface area contributed by atoms with Crippen molar-refractivity contribution in [2.75, 3.05) is 6.54 Å². The van der Waals surface area contributed by atoms with Gasteiger partial charge in [0, 0.05) is 10.8 Å². The second-order valence-electron chi connectivity index (χ2n) is 4.44. The van der Waals surface area contributed by atoms with Gasteiger partial charge in [-0.1, -0.05) is 41.6 Å². The zero-order valence-electron chi connectivity index (χ0n) is 10.7. The van der Waals surface area contributed by atoms with Crippen LogP contribution in [0.15, 0.2) is 33.9 Å². The molecule has 1 aliphatic rings. The number of nitrogens with one attached hydrogen (secondary N) is 1. The summed E-state index contributed by atoms with van der Waals surface area (Å²) in [5.41, 5.74) is 1.08. The van der Waals surface area contributed by atoms with Crippen LogP contribution in [-0.2, 0) is 5.75 Å². The first-order valence-corrected chi connectivity index (χ1v) is 7.62. The van der Waals surface area contributed by atoms with E-state index in [0.717, 1.165) is 35.7 Å². The molecule has 0 unspecified atom stereocenters. The second-order valence-corrected chi connectivity index (χ2v) is 5.77. The van der Waals surface area contributed by atoms with Gasteiger partial charge in [-0.05, 0) is 31.0 Å². The van der Waals surface area contributed by atoms with Crippen molar-refractivity contribution in [3.05, 3.63) is 40.7 Å². The highest BCUT2D eigenvalue weighted by atomic mass is 35.5. The summed E-state index contributed by atoms with van der Waals surface area (Å²) in [6.45, 7) is 1.02. The molecule has 2 aromatic rings. The third kappa shape index (κ3) is 3.67. The molecule has 0 radical (unpaired) electrons. The fraction of sp³-hybridized carbons (Fsp3) is 0.385. The van der Waals surface area contributed by atoms with Gasteiger partial charge in [-0.25, -0.2) is 0 Å². The molecule has 0 aliphatic carbocycles. The van der Waals surface area contributed by atoms with E-state index in [1.807, 2.05) is 24.3 Å². The molecule has 3 rings (SSSR count). The fourth-order valence-electron chi connectivity index (χ4n) is 2.07. The van der Waals surface area contributed by atoms with Gasteiger partial charge in [0.05, 0.1) is 6.04 Å². The zero-order valence-corrected chi connectivity index (χ0v) is 13.0. The molecule has 7 heteroatoms. The number of rotatable bonds is 4. The highest BCUT2D eigenvalue weighted by molar-refractivity contribution is 7.98. The van der Waals surface area contributed by atoms with E-state index in [-0.39, 0.29) is 18.4 Å². The number of nitrogens with zero attached hydrogens (tertiary/aromatic N) is 2. The topological polar surface area (TPSA) is 51.0 Å². The van der Waals surface area contributed by atoms with E-state index in [2.05, 4.69) is 15.5 Å². The fourth-order valence-corrected chi connectivity index (χ4v) is 3.13. The lowest BCUT2D eigenvalue weighted by Crippen LogP contribution is -3.00. The van der Waals surface area contributed by atoms with Crippen molar-refractivity contribution in [1.29, 1.82) is 0 Å². The molecule has 4 nitrogen and oxygen atoms in total. The number of thioether (sulfide) groups is 1. The molecule has 1 aromatic heterocycles. The van der Waals surface area contributed by atoms with Crippen LogP contribution in [0.5, 0.6) is 0 Å². The summed E-state index contributed by atoms with van der Waals surface area (Å²) in [7, 11) is 0. The molecule has 1 N–H and O–H groups in total. The van der Waals surface area contributed by atoms with Gasteiger partial charge >= 0.3 is 0 Å². The lowest BCUT2D eigenvalue weighted by Gasteiger charge is -2.02. The molecule has 1 atom stereocenters. The SMILES string of the molecule is Clc1ccccc1CSc1nnc([C@@H]2CCCN2)o1.[Cl-]. The van der Waals surface area contributed by atoms with Gasteiger partial charge in [0.1, 0.15) is 0 Å². The van der Waals surface area contributed by atoms with E-state index in [0.29, 0.717) is 11.1 Å². The zero-order chi connectivity index (χ0) is 13.1. The highest BCUT2D eigenvalue weighted by Gasteiger charge is 2.22. The lowest BCUT2D eigenvalue weighted by atomic mass is 10.2. The molecular formula is C13H14Cl2N3OS-. The first kappa shape index (κ1) is 15.6. The van der Waals surface area contributed by atoms with E-state index in [1.165, 1.54) is 11.8 Å². The van der Waals surface area contributed by atoms with Crippen LogP contribution in [-0.4, -0.2) is 16.7 Å². The van der Waals surface area contributed by atoms with Crippen LogP contribution in [0.3, 0.4) is 0 Å². The normalized spacial score (nSPS) is 17.9. The van der Waals surface area contributed by atoms with Gasteiger partial charge in [0.2, 0.25) is 5.89 Å². The minimum atomic E-state index is 0. The standard InChI is InChI=1S/C13H14ClN3OS.ClH/c14-10-5-2-1-4-9(10)8-19-13-17-16-12(18-13)11-6-3-7-15-11;/h1-2,4-5,11,15H,3,6-8H2;1H/p-1/t11-;/m0./s1. The molecule has 0 spiro atoms. The number of halogens is 2. The van der Waals surface area contributed by atoms with Gasteiger partial charge in [-0.2, -0.15) is 0 Å². The van der Waals surface area contributed by atoms with Crippen molar-refractivity contribution in [3.8, 4) is 0 Å². The molecule has 2 heterocycles. The van der Waals surface area contributed by atoms with E-state index < -0.39 is 0 Å². The van der Waals surface area contributed by atoms with Crippen LogP contribution in [0, 0.1) is 0 Å². The monoisotopic (exact) mass is 330 g/mol. The number of hydrogen-bond acceptors (Lipinski definition) is 5. The Balaban J connectivity index is 0.00000147. The van der Waals surface area contributed by atoms with Crippen LogP contribution in [0.25, 0.3) is 0 Å². The maximum absolute atomic E-state index is 6.11. The Kier molecular flexibility index (Phi) is 5.72.